The van der Waals surface area contributed by atoms with Crippen LogP contribution in [0.3, 0.4) is 0 Å². The Morgan fingerprint density at radius 2 is 2.09 bits per heavy atom. The van der Waals surface area contributed by atoms with Crippen molar-refractivity contribution in [1.82, 2.24) is 5.32 Å². The van der Waals surface area contributed by atoms with E-state index in [9.17, 15) is 4.79 Å². The zero-order valence-corrected chi connectivity index (χ0v) is 13.9. The van der Waals surface area contributed by atoms with Crippen LogP contribution in [0.4, 0.5) is 0 Å². The molecule has 4 nitrogen and oxygen atoms in total. The van der Waals surface area contributed by atoms with Crippen molar-refractivity contribution in [3.05, 3.63) is 28.8 Å². The van der Waals surface area contributed by atoms with Gasteiger partial charge in [-0.25, -0.2) is 0 Å². The van der Waals surface area contributed by atoms with E-state index in [1.807, 2.05) is 13.0 Å². The van der Waals surface area contributed by atoms with Crippen LogP contribution in [-0.2, 0) is 4.79 Å². The molecule has 0 aliphatic heterocycles. The molecule has 1 unspecified atom stereocenters. The van der Waals surface area contributed by atoms with Crippen molar-refractivity contribution in [3.63, 3.8) is 0 Å². The standard InChI is InChI=1S/C17H24ClNO3/c1-11-9-15(7-8-16(11)18)22-12(2)17(21)19-14-5-3-13(10-20)4-6-14/h7-9,12-14,20H,3-6,10H2,1-2H3,(H,19,21). The predicted octanol–water partition coefficient (Wildman–Crippen LogP) is 3.08. The first-order valence-corrected chi connectivity index (χ1v) is 8.21. The summed E-state index contributed by atoms with van der Waals surface area (Å²) in [6.45, 7) is 3.90. The number of carbonyl (C=O) groups excluding carboxylic acids is 1. The van der Waals surface area contributed by atoms with Crippen molar-refractivity contribution >= 4 is 17.5 Å². The summed E-state index contributed by atoms with van der Waals surface area (Å²) in [7, 11) is 0. The van der Waals surface area contributed by atoms with Crippen LogP contribution in [0.1, 0.15) is 38.2 Å². The van der Waals surface area contributed by atoms with Crippen LogP contribution in [0.5, 0.6) is 5.75 Å². The normalized spacial score (nSPS) is 22.9. The monoisotopic (exact) mass is 325 g/mol. The van der Waals surface area contributed by atoms with E-state index in [4.69, 9.17) is 21.4 Å². The fourth-order valence-corrected chi connectivity index (χ4v) is 2.87. The molecule has 0 saturated heterocycles. The van der Waals surface area contributed by atoms with Crippen molar-refractivity contribution in [2.45, 2.75) is 51.7 Å². The Kier molecular flexibility index (Phi) is 6.09. The molecule has 2 N–H and O–H groups in total. The van der Waals surface area contributed by atoms with Crippen LogP contribution in [0, 0.1) is 12.8 Å². The van der Waals surface area contributed by atoms with E-state index in [2.05, 4.69) is 5.32 Å². The maximum absolute atomic E-state index is 12.2. The van der Waals surface area contributed by atoms with Crippen molar-refractivity contribution < 1.29 is 14.6 Å². The Bertz CT molecular complexity index is 513. The van der Waals surface area contributed by atoms with Crippen LogP contribution in [-0.4, -0.2) is 29.8 Å². The molecule has 122 valence electrons. The smallest absolute Gasteiger partial charge is 0.260 e. The van der Waals surface area contributed by atoms with Gasteiger partial charge in [0.25, 0.3) is 5.91 Å². The van der Waals surface area contributed by atoms with E-state index in [0.717, 1.165) is 31.2 Å². The largest absolute Gasteiger partial charge is 0.481 e. The van der Waals surface area contributed by atoms with Crippen LogP contribution < -0.4 is 10.1 Å². The minimum Gasteiger partial charge on any atom is -0.481 e. The third-order valence-corrected chi connectivity index (χ3v) is 4.69. The number of aliphatic hydroxyl groups excluding tert-OH is 1. The molecule has 0 aromatic heterocycles. The van der Waals surface area contributed by atoms with Gasteiger partial charge in [0.1, 0.15) is 5.75 Å². The third kappa shape index (κ3) is 4.62. The lowest BCUT2D eigenvalue weighted by Crippen LogP contribution is -2.44. The van der Waals surface area contributed by atoms with Gasteiger partial charge in [0.2, 0.25) is 0 Å². The van der Waals surface area contributed by atoms with Crippen molar-refractivity contribution in [1.29, 1.82) is 0 Å². The first kappa shape index (κ1) is 17.1. The van der Waals surface area contributed by atoms with Crippen molar-refractivity contribution in [2.24, 2.45) is 5.92 Å². The molecule has 1 fully saturated rings. The van der Waals surface area contributed by atoms with Gasteiger partial charge in [0, 0.05) is 17.7 Å². The molecule has 1 saturated carbocycles. The van der Waals surface area contributed by atoms with Gasteiger partial charge in [-0.05, 0) is 69.2 Å². The first-order chi connectivity index (χ1) is 10.5. The van der Waals surface area contributed by atoms with Gasteiger partial charge in [-0.1, -0.05) is 11.6 Å². The van der Waals surface area contributed by atoms with Crippen molar-refractivity contribution in [2.75, 3.05) is 6.61 Å². The molecule has 5 heteroatoms. The maximum Gasteiger partial charge on any atom is 0.260 e. The second-order valence-electron chi connectivity index (χ2n) is 6.08. The molecule has 2 rings (SSSR count). The Labute approximate surface area is 136 Å². The topological polar surface area (TPSA) is 58.6 Å². The number of carbonyl (C=O) groups is 1. The van der Waals surface area contributed by atoms with Crippen molar-refractivity contribution in [3.8, 4) is 5.75 Å². The van der Waals surface area contributed by atoms with E-state index >= 15 is 0 Å². The van der Waals surface area contributed by atoms with E-state index in [-0.39, 0.29) is 18.6 Å². The minimum absolute atomic E-state index is 0.0972. The van der Waals surface area contributed by atoms with Gasteiger partial charge < -0.3 is 15.2 Å². The third-order valence-electron chi connectivity index (χ3n) is 4.26. The van der Waals surface area contributed by atoms with E-state index in [1.165, 1.54) is 0 Å². The molecule has 1 atom stereocenters. The molecule has 0 radical (unpaired) electrons. The highest BCUT2D eigenvalue weighted by Gasteiger charge is 2.24. The number of hydrogen-bond acceptors (Lipinski definition) is 3. The summed E-state index contributed by atoms with van der Waals surface area (Å²) < 4.78 is 5.69. The van der Waals surface area contributed by atoms with Gasteiger partial charge >= 0.3 is 0 Å². The number of halogens is 1. The second kappa shape index (κ2) is 7.84. The van der Waals surface area contributed by atoms with Gasteiger partial charge in [0.05, 0.1) is 0 Å². The molecular weight excluding hydrogens is 302 g/mol. The first-order valence-electron chi connectivity index (χ1n) is 7.83. The summed E-state index contributed by atoms with van der Waals surface area (Å²) in [5.74, 6) is 0.937. The lowest BCUT2D eigenvalue weighted by Gasteiger charge is -2.28. The predicted molar refractivity (Wildman–Crippen MR) is 87.3 cm³/mol. The number of ether oxygens (including phenoxy) is 1. The molecule has 1 amide bonds. The highest BCUT2D eigenvalue weighted by molar-refractivity contribution is 6.31. The summed E-state index contributed by atoms with van der Waals surface area (Å²) in [5.41, 5.74) is 0.925. The molecule has 1 aromatic carbocycles. The summed E-state index contributed by atoms with van der Waals surface area (Å²) in [6, 6.07) is 5.56. The van der Waals surface area contributed by atoms with E-state index < -0.39 is 6.10 Å². The van der Waals surface area contributed by atoms with Crippen LogP contribution in [0.15, 0.2) is 18.2 Å². The molecule has 1 aliphatic rings. The zero-order valence-electron chi connectivity index (χ0n) is 13.1. The summed E-state index contributed by atoms with van der Waals surface area (Å²) in [6.07, 6.45) is 3.23. The lowest BCUT2D eigenvalue weighted by atomic mass is 9.86. The molecule has 0 heterocycles. The van der Waals surface area contributed by atoms with Gasteiger partial charge in [-0.2, -0.15) is 0 Å². The Balaban J connectivity index is 1.83. The quantitative estimate of drug-likeness (QED) is 0.874. The fraction of sp³-hybridized carbons (Fsp3) is 0.588. The highest BCUT2D eigenvalue weighted by Crippen LogP contribution is 2.24. The number of nitrogens with one attached hydrogen (secondary N) is 1. The number of rotatable bonds is 5. The Hall–Kier alpha value is -1.26. The summed E-state index contributed by atoms with van der Waals surface area (Å²) in [4.78, 5) is 12.2. The zero-order chi connectivity index (χ0) is 16.1. The van der Waals surface area contributed by atoms with Crippen LogP contribution >= 0.6 is 11.6 Å². The highest BCUT2D eigenvalue weighted by atomic mass is 35.5. The molecule has 22 heavy (non-hydrogen) atoms. The average Bonchev–Trinajstić information content (AvgIpc) is 2.51. The second-order valence-corrected chi connectivity index (χ2v) is 6.49. The Morgan fingerprint density at radius 3 is 2.68 bits per heavy atom. The molecule has 0 bridgehead atoms. The molecule has 0 spiro atoms. The molecule has 1 aliphatic carbocycles. The Morgan fingerprint density at radius 1 is 1.41 bits per heavy atom. The van der Waals surface area contributed by atoms with E-state index in [1.54, 1.807) is 19.1 Å². The van der Waals surface area contributed by atoms with Gasteiger partial charge in [-0.15, -0.1) is 0 Å². The van der Waals surface area contributed by atoms with Crippen LogP contribution in [0.2, 0.25) is 5.02 Å². The number of aliphatic hydroxyl groups is 1. The number of benzene rings is 1. The summed E-state index contributed by atoms with van der Waals surface area (Å²) in [5, 5.41) is 12.9. The van der Waals surface area contributed by atoms with Crippen LogP contribution in [0.25, 0.3) is 0 Å². The fourth-order valence-electron chi connectivity index (χ4n) is 2.76. The van der Waals surface area contributed by atoms with E-state index in [0.29, 0.717) is 16.7 Å². The minimum atomic E-state index is -0.545. The lowest BCUT2D eigenvalue weighted by molar-refractivity contribution is -0.128. The average molecular weight is 326 g/mol. The van der Waals surface area contributed by atoms with Gasteiger partial charge in [0.15, 0.2) is 6.10 Å². The maximum atomic E-state index is 12.2. The number of aryl methyl sites for hydroxylation is 1. The molecule has 1 aromatic rings. The van der Waals surface area contributed by atoms with Gasteiger partial charge in [-0.3, -0.25) is 4.79 Å². The number of hydrogen-bond donors (Lipinski definition) is 2. The SMILES string of the molecule is Cc1cc(OC(C)C(=O)NC2CCC(CO)CC2)ccc1Cl. The molecular formula is C17H24ClNO3. The summed E-state index contributed by atoms with van der Waals surface area (Å²) >= 11 is 5.98. The number of amides is 1.